The molecule has 7 nitrogen and oxygen atoms in total. The Bertz CT molecular complexity index is 564. The van der Waals surface area contributed by atoms with Crippen molar-refractivity contribution >= 4 is 28.7 Å². The van der Waals surface area contributed by atoms with Crippen LogP contribution in [0.3, 0.4) is 0 Å². The summed E-state index contributed by atoms with van der Waals surface area (Å²) in [5, 5.41) is 8.88. The van der Waals surface area contributed by atoms with Gasteiger partial charge in [0.1, 0.15) is 0 Å². The van der Waals surface area contributed by atoms with Gasteiger partial charge >= 0.3 is 5.69 Å². The Morgan fingerprint density at radius 3 is 3.00 bits per heavy atom. The average molecular weight is 366 g/mol. The molecule has 0 spiro atoms. The minimum atomic E-state index is -0.739. The zero-order valence-corrected chi connectivity index (χ0v) is 11.4. The van der Waals surface area contributed by atoms with Gasteiger partial charge in [-0.1, -0.05) is 22.6 Å². The molecule has 18 heavy (non-hydrogen) atoms. The van der Waals surface area contributed by atoms with E-state index in [1.165, 1.54) is 10.8 Å². The Labute approximate surface area is 115 Å². The molecule has 0 aliphatic carbocycles. The minimum absolute atomic E-state index is 0.143. The van der Waals surface area contributed by atoms with E-state index in [0.717, 1.165) is 0 Å². The van der Waals surface area contributed by atoms with Crippen LogP contribution in [0.1, 0.15) is 11.8 Å². The van der Waals surface area contributed by atoms with E-state index < -0.39 is 23.8 Å². The Hall–Kier alpha value is -0.970. The molecule has 0 aromatic carbocycles. The number of aromatic nitrogens is 2. The molecule has 8 heteroatoms. The fraction of sp³-hybridized carbons (Fsp3) is 0.400. The maximum absolute atomic E-state index is 11.7. The van der Waals surface area contributed by atoms with Crippen molar-refractivity contribution in [2.24, 2.45) is 0 Å². The molecule has 0 bridgehead atoms. The Morgan fingerprint density at radius 1 is 1.61 bits per heavy atom. The van der Waals surface area contributed by atoms with Crippen molar-refractivity contribution in [3.05, 3.63) is 36.7 Å². The summed E-state index contributed by atoms with van der Waals surface area (Å²) in [6.07, 6.45) is 1.60. The summed E-state index contributed by atoms with van der Waals surface area (Å²) < 4.78 is 13.3. The smallest absolute Gasteiger partial charge is 0.330 e. The molecule has 2 rings (SSSR count). The largest absolute Gasteiger partial charge is 0.391 e. The normalized spacial score (nSPS) is 23.9. The SMILES string of the molecule is O=c1[nH]c(=O)n([C@@H]2CO[C@H](CO)O2)cc1C=CI. The van der Waals surface area contributed by atoms with Gasteiger partial charge in [-0.25, -0.2) is 4.79 Å². The molecule has 1 aromatic rings. The molecule has 1 aliphatic rings. The van der Waals surface area contributed by atoms with Crippen molar-refractivity contribution in [2.75, 3.05) is 13.2 Å². The van der Waals surface area contributed by atoms with Gasteiger partial charge in [0.15, 0.2) is 12.5 Å². The van der Waals surface area contributed by atoms with Crippen LogP contribution in [0.4, 0.5) is 0 Å². The summed E-state index contributed by atoms with van der Waals surface area (Å²) in [6, 6.07) is 0. The highest BCUT2D eigenvalue weighted by molar-refractivity contribution is 14.1. The lowest BCUT2D eigenvalue weighted by atomic mass is 10.3. The van der Waals surface area contributed by atoms with Crippen molar-refractivity contribution in [2.45, 2.75) is 12.5 Å². The molecule has 0 unspecified atom stereocenters. The number of nitrogens with one attached hydrogen (secondary N) is 1. The summed E-state index contributed by atoms with van der Waals surface area (Å²) >= 11 is 1.98. The molecule has 1 aromatic heterocycles. The third-order valence-electron chi connectivity index (χ3n) is 2.43. The van der Waals surface area contributed by atoms with Crippen LogP contribution in [0, 0.1) is 0 Å². The number of hydrogen-bond donors (Lipinski definition) is 2. The summed E-state index contributed by atoms with van der Waals surface area (Å²) in [5.74, 6) is 0. The van der Waals surface area contributed by atoms with Crippen LogP contribution in [0.15, 0.2) is 19.9 Å². The van der Waals surface area contributed by atoms with Crippen LogP contribution < -0.4 is 11.2 Å². The van der Waals surface area contributed by atoms with Crippen LogP contribution >= 0.6 is 22.6 Å². The zero-order chi connectivity index (χ0) is 13.1. The quantitative estimate of drug-likeness (QED) is 0.724. The van der Waals surface area contributed by atoms with Gasteiger partial charge in [0.05, 0.1) is 18.8 Å². The first-order chi connectivity index (χ1) is 8.65. The lowest BCUT2D eigenvalue weighted by Crippen LogP contribution is -2.34. The van der Waals surface area contributed by atoms with E-state index in [1.54, 1.807) is 10.2 Å². The third-order valence-corrected chi connectivity index (χ3v) is 2.79. The van der Waals surface area contributed by atoms with Gasteiger partial charge in [0.2, 0.25) is 0 Å². The van der Waals surface area contributed by atoms with E-state index in [-0.39, 0.29) is 13.2 Å². The topological polar surface area (TPSA) is 93.6 Å². The number of halogens is 1. The number of rotatable bonds is 3. The van der Waals surface area contributed by atoms with Gasteiger partial charge in [-0.2, -0.15) is 0 Å². The second kappa shape index (κ2) is 5.78. The molecule has 0 amide bonds. The predicted octanol–water partition coefficient (Wildman–Crippen LogP) is -0.194. The molecule has 0 saturated carbocycles. The van der Waals surface area contributed by atoms with Crippen LogP contribution in [0.5, 0.6) is 0 Å². The highest BCUT2D eigenvalue weighted by atomic mass is 127. The van der Waals surface area contributed by atoms with Crippen molar-refractivity contribution in [1.29, 1.82) is 0 Å². The monoisotopic (exact) mass is 366 g/mol. The van der Waals surface area contributed by atoms with E-state index in [2.05, 4.69) is 4.98 Å². The Morgan fingerprint density at radius 2 is 2.39 bits per heavy atom. The lowest BCUT2D eigenvalue weighted by Gasteiger charge is -2.12. The minimum Gasteiger partial charge on any atom is -0.391 e. The number of aromatic amines is 1. The lowest BCUT2D eigenvalue weighted by molar-refractivity contribution is -0.0993. The Kier molecular flexibility index (Phi) is 4.32. The van der Waals surface area contributed by atoms with E-state index in [4.69, 9.17) is 14.6 Å². The average Bonchev–Trinajstić information content (AvgIpc) is 2.81. The van der Waals surface area contributed by atoms with Gasteiger partial charge < -0.3 is 14.6 Å². The first-order valence-electron chi connectivity index (χ1n) is 5.16. The number of ether oxygens (including phenoxy) is 2. The van der Waals surface area contributed by atoms with Gasteiger partial charge in [0.25, 0.3) is 5.56 Å². The van der Waals surface area contributed by atoms with Gasteiger partial charge in [-0.05, 0) is 10.2 Å². The molecular formula is C10H11IN2O5. The molecule has 1 aliphatic heterocycles. The van der Waals surface area contributed by atoms with Gasteiger partial charge in [0, 0.05) is 6.20 Å². The summed E-state index contributed by atoms with van der Waals surface area (Å²) in [4.78, 5) is 25.3. The third kappa shape index (κ3) is 2.71. The van der Waals surface area contributed by atoms with E-state index >= 15 is 0 Å². The molecule has 1 fully saturated rings. The van der Waals surface area contributed by atoms with Crippen molar-refractivity contribution in [3.8, 4) is 0 Å². The molecule has 2 heterocycles. The first kappa shape index (κ1) is 13.5. The molecule has 98 valence electrons. The first-order valence-corrected chi connectivity index (χ1v) is 6.40. The van der Waals surface area contributed by atoms with Crippen molar-refractivity contribution < 1.29 is 14.6 Å². The number of H-pyrrole nitrogens is 1. The number of aliphatic hydroxyl groups is 1. The number of hydrogen-bond acceptors (Lipinski definition) is 5. The van der Waals surface area contributed by atoms with Crippen molar-refractivity contribution in [1.82, 2.24) is 9.55 Å². The van der Waals surface area contributed by atoms with Crippen LogP contribution in [-0.4, -0.2) is 34.2 Å². The van der Waals surface area contributed by atoms with E-state index in [1.807, 2.05) is 22.6 Å². The fourth-order valence-electron chi connectivity index (χ4n) is 1.59. The van der Waals surface area contributed by atoms with Gasteiger partial charge in [-0.15, -0.1) is 0 Å². The van der Waals surface area contributed by atoms with Crippen LogP contribution in [0.2, 0.25) is 0 Å². The number of aliphatic hydroxyl groups excluding tert-OH is 1. The zero-order valence-electron chi connectivity index (χ0n) is 9.21. The fourth-order valence-corrected chi connectivity index (χ4v) is 1.97. The number of nitrogens with zero attached hydrogens (tertiary/aromatic N) is 1. The molecule has 1 saturated heterocycles. The van der Waals surface area contributed by atoms with Crippen molar-refractivity contribution in [3.63, 3.8) is 0 Å². The van der Waals surface area contributed by atoms with Crippen LogP contribution in [-0.2, 0) is 9.47 Å². The van der Waals surface area contributed by atoms with E-state index in [9.17, 15) is 9.59 Å². The maximum atomic E-state index is 11.7. The van der Waals surface area contributed by atoms with E-state index in [0.29, 0.717) is 5.56 Å². The second-order valence-electron chi connectivity index (χ2n) is 3.58. The Balaban J connectivity index is 2.36. The highest BCUT2D eigenvalue weighted by Gasteiger charge is 2.27. The molecule has 2 N–H and O–H groups in total. The maximum Gasteiger partial charge on any atom is 0.330 e. The predicted molar refractivity (Wildman–Crippen MR) is 71.3 cm³/mol. The molecule has 0 radical (unpaired) electrons. The second-order valence-corrected chi connectivity index (χ2v) is 4.30. The molecular weight excluding hydrogens is 355 g/mol. The van der Waals surface area contributed by atoms with Gasteiger partial charge in [-0.3, -0.25) is 14.3 Å². The standard InChI is InChI=1S/C10H11IN2O5/c11-2-1-6-3-13(10(16)12-9(6)15)7-5-17-8(4-14)18-7/h1-3,7-8,14H,4-5H2,(H,12,15,16)/t7-,8-/m0/s1. The summed E-state index contributed by atoms with van der Waals surface area (Å²) in [5.41, 5.74) is -0.681. The summed E-state index contributed by atoms with van der Waals surface area (Å²) in [7, 11) is 0. The summed E-state index contributed by atoms with van der Waals surface area (Å²) in [6.45, 7) is -0.139. The van der Waals surface area contributed by atoms with Crippen LogP contribution in [0.25, 0.3) is 6.08 Å². The molecule has 2 atom stereocenters. The highest BCUT2D eigenvalue weighted by Crippen LogP contribution is 2.18.